The molecule has 2 aromatic rings. The highest BCUT2D eigenvalue weighted by Gasteiger charge is 2.24. The van der Waals surface area contributed by atoms with Gasteiger partial charge in [-0.1, -0.05) is 17.7 Å². The number of nitrogens with zero attached hydrogens (tertiary/aromatic N) is 1. The number of benzene rings is 2. The van der Waals surface area contributed by atoms with E-state index in [9.17, 15) is 13.2 Å². The molecule has 1 aliphatic heterocycles. The number of carbonyl (C=O) groups excluding carboxylic acids is 1. The molecule has 0 spiro atoms. The van der Waals surface area contributed by atoms with Crippen molar-refractivity contribution in [2.75, 3.05) is 31.7 Å². The van der Waals surface area contributed by atoms with Crippen molar-refractivity contribution in [1.29, 1.82) is 0 Å². The predicted molar refractivity (Wildman–Crippen MR) is 105 cm³/mol. The number of ether oxygens (including phenoxy) is 1. The van der Waals surface area contributed by atoms with E-state index in [1.165, 1.54) is 30.4 Å². The minimum atomic E-state index is -3.61. The van der Waals surface area contributed by atoms with Crippen LogP contribution in [0.1, 0.15) is 27.9 Å². The van der Waals surface area contributed by atoms with Gasteiger partial charge < -0.3 is 9.64 Å². The van der Waals surface area contributed by atoms with Gasteiger partial charge in [0.25, 0.3) is 5.91 Å². The van der Waals surface area contributed by atoms with Crippen LogP contribution in [0.5, 0.6) is 0 Å². The van der Waals surface area contributed by atoms with Gasteiger partial charge in [-0.15, -0.1) is 0 Å². The largest absolute Gasteiger partial charge is 0.383 e. The second-order valence-electron chi connectivity index (χ2n) is 6.61. The Morgan fingerprint density at radius 1 is 1.19 bits per heavy atom. The van der Waals surface area contributed by atoms with E-state index in [1.807, 2.05) is 19.1 Å². The van der Waals surface area contributed by atoms with E-state index in [1.54, 1.807) is 17.0 Å². The molecule has 0 bridgehead atoms. The molecule has 7 heteroatoms. The van der Waals surface area contributed by atoms with Gasteiger partial charge in [-0.3, -0.25) is 4.79 Å². The average Bonchev–Trinajstić information content (AvgIpc) is 2.67. The molecule has 3 rings (SSSR count). The summed E-state index contributed by atoms with van der Waals surface area (Å²) >= 11 is 0. The Morgan fingerprint density at radius 3 is 2.63 bits per heavy atom. The zero-order valence-electron chi connectivity index (χ0n) is 15.6. The molecule has 144 valence electrons. The van der Waals surface area contributed by atoms with Gasteiger partial charge in [-0.05, 0) is 55.7 Å². The fourth-order valence-corrected chi connectivity index (χ4v) is 4.24. The van der Waals surface area contributed by atoms with Gasteiger partial charge in [-0.2, -0.15) is 0 Å². The molecule has 1 amide bonds. The summed E-state index contributed by atoms with van der Waals surface area (Å²) in [5, 5.41) is 0. The molecule has 2 aromatic carbocycles. The van der Waals surface area contributed by atoms with Gasteiger partial charge in [0.05, 0.1) is 11.5 Å². The van der Waals surface area contributed by atoms with Gasteiger partial charge >= 0.3 is 0 Å². The van der Waals surface area contributed by atoms with Crippen molar-refractivity contribution >= 4 is 21.6 Å². The highest BCUT2D eigenvalue weighted by Crippen LogP contribution is 2.29. The molecule has 0 atom stereocenters. The van der Waals surface area contributed by atoms with Crippen molar-refractivity contribution in [3.05, 3.63) is 59.2 Å². The molecule has 0 fully saturated rings. The summed E-state index contributed by atoms with van der Waals surface area (Å²) in [5.41, 5.74) is 3.77. The van der Waals surface area contributed by atoms with Crippen LogP contribution in [0.3, 0.4) is 0 Å². The van der Waals surface area contributed by atoms with E-state index < -0.39 is 10.0 Å². The van der Waals surface area contributed by atoms with E-state index in [-0.39, 0.29) is 17.3 Å². The first-order valence-electron chi connectivity index (χ1n) is 8.92. The Bertz CT molecular complexity index is 923. The van der Waals surface area contributed by atoms with Crippen molar-refractivity contribution in [2.24, 2.45) is 0 Å². The second kappa shape index (κ2) is 8.21. The minimum Gasteiger partial charge on any atom is -0.383 e. The van der Waals surface area contributed by atoms with Gasteiger partial charge in [0, 0.05) is 31.5 Å². The third kappa shape index (κ3) is 4.37. The lowest BCUT2D eigenvalue weighted by Crippen LogP contribution is -2.35. The van der Waals surface area contributed by atoms with Crippen LogP contribution in [-0.4, -0.2) is 41.1 Å². The van der Waals surface area contributed by atoms with Crippen molar-refractivity contribution in [3.8, 4) is 0 Å². The summed E-state index contributed by atoms with van der Waals surface area (Å²) in [6.45, 7) is 3.20. The normalized spacial score (nSPS) is 14.1. The monoisotopic (exact) mass is 388 g/mol. The van der Waals surface area contributed by atoms with Crippen LogP contribution >= 0.6 is 0 Å². The molecular formula is C20H24N2O4S. The van der Waals surface area contributed by atoms with E-state index in [4.69, 9.17) is 4.74 Å². The lowest BCUT2D eigenvalue weighted by Gasteiger charge is -2.30. The van der Waals surface area contributed by atoms with Crippen molar-refractivity contribution in [2.45, 2.75) is 24.7 Å². The first-order chi connectivity index (χ1) is 12.9. The molecule has 0 saturated heterocycles. The molecule has 0 radical (unpaired) electrons. The summed E-state index contributed by atoms with van der Waals surface area (Å²) in [6.07, 6.45) is 1.88. The molecule has 0 aliphatic carbocycles. The first kappa shape index (κ1) is 19.5. The fourth-order valence-electron chi connectivity index (χ4n) is 3.23. The Hall–Kier alpha value is -2.22. The molecule has 27 heavy (non-hydrogen) atoms. The van der Waals surface area contributed by atoms with E-state index in [0.717, 1.165) is 18.5 Å². The zero-order valence-corrected chi connectivity index (χ0v) is 16.4. The quantitative estimate of drug-likeness (QED) is 0.772. The summed E-state index contributed by atoms with van der Waals surface area (Å²) in [4.78, 5) is 14.9. The van der Waals surface area contributed by atoms with Crippen LogP contribution < -0.4 is 9.62 Å². The number of rotatable bonds is 6. The number of hydrogen-bond acceptors (Lipinski definition) is 4. The predicted octanol–water partition coefficient (Wildman–Crippen LogP) is 2.51. The maximum Gasteiger partial charge on any atom is 0.258 e. The maximum atomic E-state index is 13.0. The Balaban J connectivity index is 1.79. The van der Waals surface area contributed by atoms with Crippen LogP contribution in [0.25, 0.3) is 0 Å². The molecular weight excluding hydrogens is 364 g/mol. The van der Waals surface area contributed by atoms with Crippen LogP contribution in [0.15, 0.2) is 47.4 Å². The SMILES string of the molecule is COCCNS(=O)(=O)c1ccc(C(=O)N2CCCc3cc(C)ccc32)cc1. The number of hydrogen-bond donors (Lipinski definition) is 1. The third-order valence-corrected chi connectivity index (χ3v) is 6.09. The van der Waals surface area contributed by atoms with Crippen LogP contribution in [0, 0.1) is 6.92 Å². The number of carbonyl (C=O) groups is 1. The van der Waals surface area contributed by atoms with Gasteiger partial charge in [0.15, 0.2) is 0 Å². The maximum absolute atomic E-state index is 13.0. The number of sulfonamides is 1. The lowest BCUT2D eigenvalue weighted by atomic mass is 9.99. The molecule has 0 unspecified atom stereocenters. The first-order valence-corrected chi connectivity index (χ1v) is 10.4. The molecule has 0 saturated carbocycles. The Morgan fingerprint density at radius 2 is 1.93 bits per heavy atom. The number of nitrogens with one attached hydrogen (secondary N) is 1. The number of methoxy groups -OCH3 is 1. The summed E-state index contributed by atoms with van der Waals surface area (Å²) < 4.78 is 31.8. The standard InChI is InChI=1S/C20H24N2O4S/c1-15-5-10-19-17(14-15)4-3-12-22(19)20(23)16-6-8-18(9-7-16)27(24,25)21-11-13-26-2/h5-10,14,21H,3-4,11-13H2,1-2H3. The van der Waals surface area contributed by atoms with E-state index in [0.29, 0.717) is 18.7 Å². The molecule has 1 aliphatic rings. The summed E-state index contributed by atoms with van der Waals surface area (Å²) in [5.74, 6) is -0.115. The number of amides is 1. The second-order valence-corrected chi connectivity index (χ2v) is 8.37. The van der Waals surface area contributed by atoms with Crippen LogP contribution in [0.2, 0.25) is 0 Å². The van der Waals surface area contributed by atoms with Crippen molar-refractivity contribution in [1.82, 2.24) is 4.72 Å². The van der Waals surface area contributed by atoms with Crippen molar-refractivity contribution in [3.63, 3.8) is 0 Å². The van der Waals surface area contributed by atoms with E-state index >= 15 is 0 Å². The molecule has 6 nitrogen and oxygen atoms in total. The number of anilines is 1. The molecule has 1 N–H and O–H groups in total. The van der Waals surface area contributed by atoms with E-state index in [2.05, 4.69) is 10.8 Å². The molecule has 0 aromatic heterocycles. The van der Waals surface area contributed by atoms with Gasteiger partial charge in [-0.25, -0.2) is 13.1 Å². The van der Waals surface area contributed by atoms with Crippen molar-refractivity contribution < 1.29 is 17.9 Å². The highest BCUT2D eigenvalue weighted by atomic mass is 32.2. The summed E-state index contributed by atoms with van der Waals surface area (Å²) in [6, 6.07) is 12.2. The fraction of sp³-hybridized carbons (Fsp3) is 0.350. The number of aryl methyl sites for hydroxylation is 2. The zero-order chi connectivity index (χ0) is 19.4. The summed E-state index contributed by atoms with van der Waals surface area (Å²) in [7, 11) is -2.10. The average molecular weight is 388 g/mol. The van der Waals surface area contributed by atoms with Gasteiger partial charge in [0.1, 0.15) is 0 Å². The van der Waals surface area contributed by atoms with Gasteiger partial charge in [0.2, 0.25) is 10.0 Å². The molecule has 1 heterocycles. The van der Waals surface area contributed by atoms with Crippen LogP contribution in [0.4, 0.5) is 5.69 Å². The minimum absolute atomic E-state index is 0.115. The topological polar surface area (TPSA) is 75.7 Å². The Kier molecular flexibility index (Phi) is 5.94. The smallest absolute Gasteiger partial charge is 0.258 e. The van der Waals surface area contributed by atoms with Crippen LogP contribution in [-0.2, 0) is 21.2 Å². The highest BCUT2D eigenvalue weighted by molar-refractivity contribution is 7.89. The third-order valence-electron chi connectivity index (χ3n) is 4.61. The Labute approximate surface area is 160 Å². The number of fused-ring (bicyclic) bond motifs is 1. The lowest BCUT2D eigenvalue weighted by molar-refractivity contribution is 0.0985.